The molecule has 2 aromatic heterocycles. The van der Waals surface area contributed by atoms with Crippen LogP contribution in [0.15, 0.2) is 54.7 Å². The van der Waals surface area contributed by atoms with Crippen LogP contribution in [0, 0.1) is 0 Å². The number of esters is 1. The molecule has 3 rings (SSSR count). The summed E-state index contributed by atoms with van der Waals surface area (Å²) in [6.45, 7) is 0. The Morgan fingerprint density at radius 1 is 1.05 bits per heavy atom. The maximum absolute atomic E-state index is 11.9. The van der Waals surface area contributed by atoms with E-state index < -0.39 is 5.97 Å². The van der Waals surface area contributed by atoms with Crippen LogP contribution in [-0.4, -0.2) is 32.8 Å². The smallest absolute Gasteiger partial charge is 0.376 e. The molecular formula is C15H12N4O2. The van der Waals surface area contributed by atoms with Crippen LogP contribution < -0.4 is 0 Å². The van der Waals surface area contributed by atoms with Crippen molar-refractivity contribution in [2.75, 3.05) is 7.11 Å². The number of para-hydroxylation sites is 1. The average Bonchev–Trinajstić information content (AvgIpc) is 3.00. The first-order valence-corrected chi connectivity index (χ1v) is 6.32. The van der Waals surface area contributed by atoms with E-state index in [1.807, 2.05) is 48.5 Å². The molecular weight excluding hydrogens is 268 g/mol. The largest absolute Gasteiger partial charge is 0.463 e. The van der Waals surface area contributed by atoms with Crippen LogP contribution in [0.25, 0.3) is 17.2 Å². The molecule has 0 amide bonds. The van der Waals surface area contributed by atoms with Crippen molar-refractivity contribution >= 4 is 5.97 Å². The lowest BCUT2D eigenvalue weighted by Gasteiger charge is -2.08. The summed E-state index contributed by atoms with van der Waals surface area (Å²) in [5.74, 6) is 0.0556. The summed E-state index contributed by atoms with van der Waals surface area (Å²) in [6, 6.07) is 14.8. The molecule has 0 saturated heterocycles. The van der Waals surface area contributed by atoms with Gasteiger partial charge in [-0.2, -0.15) is 0 Å². The Morgan fingerprint density at radius 2 is 1.81 bits per heavy atom. The monoisotopic (exact) mass is 280 g/mol. The van der Waals surface area contributed by atoms with Gasteiger partial charge in [0.25, 0.3) is 0 Å². The molecule has 0 N–H and O–H groups in total. The molecule has 104 valence electrons. The van der Waals surface area contributed by atoms with E-state index in [0.717, 1.165) is 5.69 Å². The lowest BCUT2D eigenvalue weighted by atomic mass is 10.3. The molecule has 0 aliphatic rings. The number of hydrogen-bond acceptors (Lipinski definition) is 5. The van der Waals surface area contributed by atoms with Gasteiger partial charge < -0.3 is 4.74 Å². The number of pyridine rings is 1. The van der Waals surface area contributed by atoms with Crippen molar-refractivity contribution < 1.29 is 9.53 Å². The van der Waals surface area contributed by atoms with Crippen LogP contribution in [0.3, 0.4) is 0 Å². The Bertz CT molecular complexity index is 754. The summed E-state index contributed by atoms with van der Waals surface area (Å²) in [6.07, 6.45) is 1.66. The Morgan fingerprint density at radius 3 is 2.48 bits per heavy atom. The molecule has 1 aromatic carbocycles. The molecule has 0 spiro atoms. The molecule has 0 radical (unpaired) electrons. The first-order valence-electron chi connectivity index (χ1n) is 6.32. The van der Waals surface area contributed by atoms with Crippen molar-refractivity contribution in [1.29, 1.82) is 0 Å². The highest BCUT2D eigenvalue weighted by Crippen LogP contribution is 2.21. The van der Waals surface area contributed by atoms with Crippen molar-refractivity contribution in [1.82, 2.24) is 19.7 Å². The molecule has 0 saturated carbocycles. The van der Waals surface area contributed by atoms with Crippen molar-refractivity contribution in [3.8, 4) is 17.2 Å². The molecule has 0 aliphatic carbocycles. The van der Waals surface area contributed by atoms with Gasteiger partial charge in [0.15, 0.2) is 5.82 Å². The van der Waals surface area contributed by atoms with Gasteiger partial charge in [0.2, 0.25) is 5.82 Å². The third-order valence-electron chi connectivity index (χ3n) is 2.94. The van der Waals surface area contributed by atoms with Gasteiger partial charge in [0, 0.05) is 11.9 Å². The molecule has 0 atom stereocenters. The zero-order valence-electron chi connectivity index (χ0n) is 11.3. The third-order valence-corrected chi connectivity index (χ3v) is 2.94. The lowest BCUT2D eigenvalue weighted by Crippen LogP contribution is -2.11. The van der Waals surface area contributed by atoms with E-state index in [1.165, 1.54) is 7.11 Å². The molecule has 0 unspecified atom stereocenters. The first kappa shape index (κ1) is 13.0. The SMILES string of the molecule is COC(=O)c1nnc(-c2ccccn2)n1-c1ccccc1. The molecule has 0 fully saturated rings. The van der Waals surface area contributed by atoms with Gasteiger partial charge in [-0.25, -0.2) is 4.79 Å². The number of carbonyl (C=O) groups excluding carboxylic acids is 1. The summed E-state index contributed by atoms with van der Waals surface area (Å²) >= 11 is 0. The van der Waals surface area contributed by atoms with Gasteiger partial charge in [-0.3, -0.25) is 9.55 Å². The minimum Gasteiger partial charge on any atom is -0.463 e. The van der Waals surface area contributed by atoms with E-state index in [1.54, 1.807) is 10.8 Å². The van der Waals surface area contributed by atoms with Crippen LogP contribution in [0.1, 0.15) is 10.6 Å². The summed E-state index contributed by atoms with van der Waals surface area (Å²) in [5.41, 5.74) is 1.40. The zero-order valence-corrected chi connectivity index (χ0v) is 11.3. The molecule has 0 bridgehead atoms. The number of methoxy groups -OCH3 is 1. The minimum atomic E-state index is -0.548. The van der Waals surface area contributed by atoms with Gasteiger partial charge in [-0.05, 0) is 24.3 Å². The van der Waals surface area contributed by atoms with Gasteiger partial charge in [-0.15, -0.1) is 10.2 Å². The Labute approximate surface area is 121 Å². The van der Waals surface area contributed by atoms with Crippen LogP contribution in [0.4, 0.5) is 0 Å². The van der Waals surface area contributed by atoms with Crippen LogP contribution >= 0.6 is 0 Å². The molecule has 0 aliphatic heterocycles. The average molecular weight is 280 g/mol. The van der Waals surface area contributed by atoms with Gasteiger partial charge >= 0.3 is 5.97 Å². The van der Waals surface area contributed by atoms with E-state index in [4.69, 9.17) is 4.74 Å². The predicted octanol–water partition coefficient (Wildman–Crippen LogP) is 2.12. The topological polar surface area (TPSA) is 69.9 Å². The summed E-state index contributed by atoms with van der Waals surface area (Å²) in [5, 5.41) is 8.02. The molecule has 6 nitrogen and oxygen atoms in total. The quantitative estimate of drug-likeness (QED) is 0.687. The number of ether oxygens (including phenoxy) is 1. The normalized spacial score (nSPS) is 10.3. The number of rotatable bonds is 3. The van der Waals surface area contributed by atoms with Gasteiger partial charge in [0.1, 0.15) is 5.69 Å². The van der Waals surface area contributed by atoms with Crippen LogP contribution in [0.2, 0.25) is 0 Å². The van der Waals surface area contributed by atoms with E-state index in [-0.39, 0.29) is 5.82 Å². The summed E-state index contributed by atoms with van der Waals surface area (Å²) in [4.78, 5) is 16.1. The first-order chi connectivity index (χ1) is 10.3. The lowest BCUT2D eigenvalue weighted by molar-refractivity contribution is 0.0584. The Hall–Kier alpha value is -3.02. The summed E-state index contributed by atoms with van der Waals surface area (Å²) < 4.78 is 6.40. The fraction of sp³-hybridized carbons (Fsp3) is 0.0667. The minimum absolute atomic E-state index is 0.115. The molecule has 3 aromatic rings. The highest BCUT2D eigenvalue weighted by atomic mass is 16.5. The zero-order chi connectivity index (χ0) is 14.7. The van der Waals surface area contributed by atoms with Crippen molar-refractivity contribution in [2.45, 2.75) is 0 Å². The standard InChI is InChI=1S/C15H12N4O2/c1-21-15(20)14-18-17-13(12-9-5-6-10-16-12)19(14)11-7-3-2-4-8-11/h2-10H,1H3. The second-order valence-corrected chi connectivity index (χ2v) is 4.22. The number of nitrogens with zero attached hydrogens (tertiary/aromatic N) is 4. The summed E-state index contributed by atoms with van der Waals surface area (Å²) in [7, 11) is 1.31. The number of carbonyl (C=O) groups is 1. The van der Waals surface area contributed by atoms with Crippen molar-refractivity contribution in [3.05, 3.63) is 60.6 Å². The second-order valence-electron chi connectivity index (χ2n) is 4.22. The van der Waals surface area contributed by atoms with Crippen molar-refractivity contribution in [3.63, 3.8) is 0 Å². The number of benzene rings is 1. The highest BCUT2D eigenvalue weighted by molar-refractivity contribution is 5.87. The maximum atomic E-state index is 11.9. The number of hydrogen-bond donors (Lipinski definition) is 0. The van der Waals surface area contributed by atoms with Gasteiger partial charge in [0.05, 0.1) is 7.11 Å². The predicted molar refractivity (Wildman–Crippen MR) is 75.9 cm³/mol. The fourth-order valence-electron chi connectivity index (χ4n) is 1.99. The van der Waals surface area contributed by atoms with Crippen LogP contribution in [-0.2, 0) is 4.74 Å². The van der Waals surface area contributed by atoms with Gasteiger partial charge in [-0.1, -0.05) is 24.3 Å². The third kappa shape index (κ3) is 2.38. The Kier molecular flexibility index (Phi) is 3.42. The maximum Gasteiger partial charge on any atom is 0.376 e. The molecule has 6 heteroatoms. The van der Waals surface area contributed by atoms with E-state index in [0.29, 0.717) is 11.5 Å². The fourth-order valence-corrected chi connectivity index (χ4v) is 1.99. The van der Waals surface area contributed by atoms with E-state index >= 15 is 0 Å². The molecule has 2 heterocycles. The van der Waals surface area contributed by atoms with Crippen molar-refractivity contribution in [2.24, 2.45) is 0 Å². The highest BCUT2D eigenvalue weighted by Gasteiger charge is 2.21. The Balaban J connectivity index is 2.23. The second kappa shape index (κ2) is 5.54. The van der Waals surface area contributed by atoms with E-state index in [9.17, 15) is 4.79 Å². The van der Waals surface area contributed by atoms with Crippen LogP contribution in [0.5, 0.6) is 0 Å². The molecule has 21 heavy (non-hydrogen) atoms. The number of aromatic nitrogens is 4. The van der Waals surface area contributed by atoms with E-state index in [2.05, 4.69) is 15.2 Å².